The van der Waals surface area contributed by atoms with E-state index in [2.05, 4.69) is 0 Å². The van der Waals surface area contributed by atoms with Gasteiger partial charge in [-0.15, -0.1) is 0 Å². The number of ketones is 1. The summed E-state index contributed by atoms with van der Waals surface area (Å²) in [5.41, 5.74) is 0.458. The molecule has 0 heterocycles. The van der Waals surface area contributed by atoms with Gasteiger partial charge in [0.05, 0.1) is 5.75 Å². The van der Waals surface area contributed by atoms with Gasteiger partial charge >= 0.3 is 0 Å². The van der Waals surface area contributed by atoms with Crippen molar-refractivity contribution in [3.8, 4) is 0 Å². The summed E-state index contributed by atoms with van der Waals surface area (Å²) >= 11 is 0. The molecule has 0 amide bonds. The van der Waals surface area contributed by atoms with Crippen molar-refractivity contribution in [3.05, 3.63) is 35.9 Å². The molecule has 0 saturated heterocycles. The van der Waals surface area contributed by atoms with Gasteiger partial charge in [-0.05, 0) is 13.3 Å². The molecule has 0 aliphatic heterocycles. The summed E-state index contributed by atoms with van der Waals surface area (Å²) in [7, 11) is -3.32. The molecular weight excluding hydrogens is 236 g/mol. The molecule has 0 aromatic heterocycles. The van der Waals surface area contributed by atoms with Gasteiger partial charge in [-0.3, -0.25) is 4.79 Å². The highest BCUT2D eigenvalue weighted by molar-refractivity contribution is 7.92. The van der Waals surface area contributed by atoms with E-state index in [0.29, 0.717) is 12.0 Å². The first-order valence-electron chi connectivity index (χ1n) is 5.80. The van der Waals surface area contributed by atoms with Crippen molar-refractivity contribution in [2.45, 2.75) is 31.9 Å². The SMILES string of the molecule is CCCCS(=O)(=O)C(C)C(=O)c1ccccc1. The second-order valence-electron chi connectivity index (χ2n) is 4.09. The predicted molar refractivity (Wildman–Crippen MR) is 68.9 cm³/mol. The lowest BCUT2D eigenvalue weighted by atomic mass is 10.1. The number of benzene rings is 1. The highest BCUT2D eigenvalue weighted by Gasteiger charge is 2.27. The van der Waals surface area contributed by atoms with Gasteiger partial charge in [-0.2, -0.15) is 0 Å². The molecule has 1 atom stereocenters. The topological polar surface area (TPSA) is 51.2 Å². The minimum absolute atomic E-state index is 0.0865. The molecule has 0 N–H and O–H groups in total. The average molecular weight is 254 g/mol. The summed E-state index contributed by atoms with van der Waals surface area (Å²) in [5, 5.41) is -0.948. The summed E-state index contributed by atoms with van der Waals surface area (Å²) in [5.74, 6) is -0.231. The third-order valence-electron chi connectivity index (χ3n) is 2.75. The van der Waals surface area contributed by atoms with Crippen LogP contribution in [0.1, 0.15) is 37.0 Å². The van der Waals surface area contributed by atoms with Crippen LogP contribution in [0.4, 0.5) is 0 Å². The Morgan fingerprint density at radius 2 is 1.82 bits per heavy atom. The van der Waals surface area contributed by atoms with Crippen LogP contribution in [0, 0.1) is 0 Å². The van der Waals surface area contributed by atoms with Crippen molar-refractivity contribution in [2.24, 2.45) is 0 Å². The van der Waals surface area contributed by atoms with Crippen molar-refractivity contribution >= 4 is 15.6 Å². The summed E-state index contributed by atoms with van der Waals surface area (Å²) in [4.78, 5) is 12.0. The molecule has 4 heteroatoms. The first kappa shape index (κ1) is 13.9. The van der Waals surface area contributed by atoms with Gasteiger partial charge in [0.15, 0.2) is 15.6 Å². The standard InChI is InChI=1S/C13H18O3S/c1-3-4-10-17(15,16)11(2)13(14)12-8-6-5-7-9-12/h5-9,11H,3-4,10H2,1-2H3. The maximum Gasteiger partial charge on any atom is 0.180 e. The smallest absolute Gasteiger partial charge is 0.180 e. The predicted octanol–water partition coefficient (Wildman–Crippen LogP) is 2.47. The van der Waals surface area contributed by atoms with E-state index < -0.39 is 15.1 Å². The van der Waals surface area contributed by atoms with Crippen LogP contribution >= 0.6 is 0 Å². The second-order valence-corrected chi connectivity index (χ2v) is 6.53. The summed E-state index contributed by atoms with van der Waals surface area (Å²) in [6.45, 7) is 3.40. The van der Waals surface area contributed by atoms with Crippen LogP contribution in [0.2, 0.25) is 0 Å². The molecule has 1 aromatic carbocycles. The molecule has 1 unspecified atom stereocenters. The van der Waals surface area contributed by atoms with Crippen LogP contribution < -0.4 is 0 Å². The highest BCUT2D eigenvalue weighted by atomic mass is 32.2. The molecular formula is C13H18O3S. The highest BCUT2D eigenvalue weighted by Crippen LogP contribution is 2.12. The Bertz CT molecular complexity index is 463. The number of rotatable bonds is 6. The van der Waals surface area contributed by atoms with Crippen molar-refractivity contribution < 1.29 is 13.2 Å². The molecule has 0 saturated carbocycles. The van der Waals surface area contributed by atoms with E-state index in [9.17, 15) is 13.2 Å². The zero-order chi connectivity index (χ0) is 12.9. The molecule has 1 aromatic rings. The first-order chi connectivity index (χ1) is 7.99. The molecule has 0 radical (unpaired) electrons. The number of carbonyl (C=O) groups excluding carboxylic acids is 1. The number of sulfone groups is 1. The van der Waals surface area contributed by atoms with Gasteiger partial charge in [-0.1, -0.05) is 43.7 Å². The maximum atomic E-state index is 12.0. The van der Waals surface area contributed by atoms with Crippen molar-refractivity contribution in [2.75, 3.05) is 5.75 Å². The minimum Gasteiger partial charge on any atom is -0.293 e. The normalized spacial score (nSPS) is 13.3. The molecule has 0 aliphatic rings. The monoisotopic (exact) mass is 254 g/mol. The summed E-state index contributed by atoms with van der Waals surface area (Å²) in [6.07, 6.45) is 1.42. The van der Waals surface area contributed by atoms with E-state index in [-0.39, 0.29) is 11.5 Å². The van der Waals surface area contributed by atoms with Crippen LogP contribution in [-0.2, 0) is 9.84 Å². The minimum atomic E-state index is -3.32. The quantitative estimate of drug-likeness (QED) is 0.733. The zero-order valence-electron chi connectivity index (χ0n) is 10.2. The largest absolute Gasteiger partial charge is 0.293 e. The third-order valence-corrected chi connectivity index (χ3v) is 4.90. The van der Waals surface area contributed by atoms with Gasteiger partial charge in [0.1, 0.15) is 5.25 Å². The Kier molecular flexibility index (Phi) is 4.87. The van der Waals surface area contributed by atoms with Gasteiger partial charge in [-0.25, -0.2) is 8.42 Å². The van der Waals surface area contributed by atoms with Gasteiger partial charge in [0, 0.05) is 5.56 Å². The number of hydrogen-bond acceptors (Lipinski definition) is 3. The van der Waals surface area contributed by atoms with Crippen molar-refractivity contribution in [3.63, 3.8) is 0 Å². The van der Waals surface area contributed by atoms with Gasteiger partial charge in [0.2, 0.25) is 0 Å². The van der Waals surface area contributed by atoms with Crippen LogP contribution in [0.5, 0.6) is 0 Å². The van der Waals surface area contributed by atoms with Crippen LogP contribution in [0.3, 0.4) is 0 Å². The van der Waals surface area contributed by atoms with E-state index in [1.54, 1.807) is 30.3 Å². The molecule has 17 heavy (non-hydrogen) atoms. The number of unbranched alkanes of at least 4 members (excludes halogenated alkanes) is 1. The van der Waals surface area contributed by atoms with Crippen molar-refractivity contribution in [1.82, 2.24) is 0 Å². The van der Waals surface area contributed by atoms with Crippen LogP contribution in [-0.4, -0.2) is 25.2 Å². The van der Waals surface area contributed by atoms with E-state index in [1.165, 1.54) is 6.92 Å². The first-order valence-corrected chi connectivity index (χ1v) is 7.51. The lowest BCUT2D eigenvalue weighted by molar-refractivity contribution is 0.0991. The van der Waals surface area contributed by atoms with E-state index in [1.807, 2.05) is 6.92 Å². The van der Waals surface area contributed by atoms with Gasteiger partial charge in [0.25, 0.3) is 0 Å². The van der Waals surface area contributed by atoms with Crippen molar-refractivity contribution in [1.29, 1.82) is 0 Å². The fourth-order valence-electron chi connectivity index (χ4n) is 1.52. The Balaban J connectivity index is 2.84. The summed E-state index contributed by atoms with van der Waals surface area (Å²) in [6, 6.07) is 8.56. The molecule has 0 spiro atoms. The van der Waals surface area contributed by atoms with Crippen LogP contribution in [0.25, 0.3) is 0 Å². The molecule has 3 nitrogen and oxygen atoms in total. The van der Waals surface area contributed by atoms with E-state index in [0.717, 1.165) is 6.42 Å². The van der Waals surface area contributed by atoms with E-state index in [4.69, 9.17) is 0 Å². The average Bonchev–Trinajstić information content (AvgIpc) is 2.35. The third kappa shape index (κ3) is 3.66. The Morgan fingerprint density at radius 3 is 2.35 bits per heavy atom. The Labute approximate surface area is 103 Å². The fourth-order valence-corrected chi connectivity index (χ4v) is 3.03. The van der Waals surface area contributed by atoms with Gasteiger partial charge < -0.3 is 0 Å². The molecule has 0 bridgehead atoms. The maximum absolute atomic E-state index is 12.0. The molecule has 1 rings (SSSR count). The summed E-state index contributed by atoms with van der Waals surface area (Å²) < 4.78 is 23.8. The molecule has 0 aliphatic carbocycles. The fraction of sp³-hybridized carbons (Fsp3) is 0.462. The number of Topliss-reactive ketones (excluding diaryl/α,β-unsaturated/α-hetero) is 1. The Morgan fingerprint density at radius 1 is 1.24 bits per heavy atom. The second kappa shape index (κ2) is 5.96. The molecule has 0 fully saturated rings. The molecule has 94 valence electrons. The number of hydrogen-bond donors (Lipinski definition) is 0. The lowest BCUT2D eigenvalue weighted by Gasteiger charge is -2.11. The zero-order valence-corrected chi connectivity index (χ0v) is 11.0. The number of carbonyl (C=O) groups is 1. The van der Waals surface area contributed by atoms with E-state index >= 15 is 0 Å². The lowest BCUT2D eigenvalue weighted by Crippen LogP contribution is -2.29. The Hall–Kier alpha value is -1.16. The van der Waals surface area contributed by atoms with Crippen LogP contribution in [0.15, 0.2) is 30.3 Å².